The molecule has 2 unspecified atom stereocenters. The van der Waals surface area contributed by atoms with E-state index in [0.717, 1.165) is 13.1 Å². The Bertz CT molecular complexity index is 81.8. The Balaban J connectivity index is 3.10. The monoisotopic (exact) mass is 172 g/mol. The second kappa shape index (κ2) is 7.56. The lowest BCUT2D eigenvalue weighted by Crippen LogP contribution is -2.26. The van der Waals surface area contributed by atoms with Crippen molar-refractivity contribution >= 4 is 0 Å². The maximum absolute atomic E-state index is 5.52. The highest BCUT2D eigenvalue weighted by atomic mass is 14.9. The maximum Gasteiger partial charge on any atom is 0.00360 e. The van der Waals surface area contributed by atoms with Crippen molar-refractivity contribution in [2.75, 3.05) is 13.1 Å². The lowest BCUT2D eigenvalue weighted by Gasteiger charge is -2.12. The fourth-order valence-electron chi connectivity index (χ4n) is 1.06. The zero-order valence-corrected chi connectivity index (χ0v) is 8.77. The minimum absolute atomic E-state index is 0.665. The lowest BCUT2D eigenvalue weighted by atomic mass is 10.1. The van der Waals surface area contributed by atoms with E-state index in [1.165, 1.54) is 19.3 Å². The van der Waals surface area contributed by atoms with Gasteiger partial charge in [-0.15, -0.1) is 0 Å². The van der Waals surface area contributed by atoms with Gasteiger partial charge in [0.25, 0.3) is 0 Å². The van der Waals surface area contributed by atoms with Gasteiger partial charge < -0.3 is 11.1 Å². The van der Waals surface area contributed by atoms with E-state index in [0.29, 0.717) is 12.0 Å². The third-order valence-corrected chi connectivity index (χ3v) is 2.38. The molecule has 0 aliphatic carbocycles. The molecular formula is C10H24N2. The average Bonchev–Trinajstić information content (AvgIpc) is 2.11. The van der Waals surface area contributed by atoms with Gasteiger partial charge in [-0.2, -0.15) is 0 Å². The molecule has 2 nitrogen and oxygen atoms in total. The van der Waals surface area contributed by atoms with E-state index in [9.17, 15) is 0 Å². The summed E-state index contributed by atoms with van der Waals surface area (Å²) in [6, 6.07) is 0.665. The summed E-state index contributed by atoms with van der Waals surface area (Å²) in [6.07, 6.45) is 3.72. The molecule has 3 N–H and O–H groups in total. The quantitative estimate of drug-likeness (QED) is 0.574. The van der Waals surface area contributed by atoms with E-state index in [1.807, 2.05) is 0 Å². The van der Waals surface area contributed by atoms with Crippen LogP contribution in [0.25, 0.3) is 0 Å². The number of nitrogens with one attached hydrogen (secondary N) is 1. The van der Waals surface area contributed by atoms with Crippen molar-refractivity contribution in [3.05, 3.63) is 0 Å². The van der Waals surface area contributed by atoms with Gasteiger partial charge in [-0.25, -0.2) is 0 Å². The second-order valence-electron chi connectivity index (χ2n) is 3.75. The van der Waals surface area contributed by atoms with Crippen LogP contribution in [0, 0.1) is 5.92 Å². The molecule has 0 spiro atoms. The van der Waals surface area contributed by atoms with E-state index in [4.69, 9.17) is 5.73 Å². The largest absolute Gasteiger partial charge is 0.330 e. The molecule has 74 valence electrons. The molecule has 0 aliphatic rings. The molecule has 2 atom stereocenters. The van der Waals surface area contributed by atoms with Crippen LogP contribution in [0.4, 0.5) is 0 Å². The number of hydrogen-bond donors (Lipinski definition) is 2. The molecule has 2 heteroatoms. The molecule has 0 fully saturated rings. The Morgan fingerprint density at radius 2 is 2.00 bits per heavy atom. The maximum atomic E-state index is 5.52. The molecule has 0 saturated carbocycles. The Morgan fingerprint density at radius 1 is 1.33 bits per heavy atom. The van der Waals surface area contributed by atoms with Crippen molar-refractivity contribution in [1.82, 2.24) is 5.32 Å². The van der Waals surface area contributed by atoms with Crippen LogP contribution in [-0.2, 0) is 0 Å². The van der Waals surface area contributed by atoms with Gasteiger partial charge in [0, 0.05) is 6.04 Å². The van der Waals surface area contributed by atoms with Crippen molar-refractivity contribution < 1.29 is 0 Å². The van der Waals surface area contributed by atoms with Gasteiger partial charge >= 0.3 is 0 Å². The lowest BCUT2D eigenvalue weighted by molar-refractivity contribution is 0.469. The fourth-order valence-corrected chi connectivity index (χ4v) is 1.06. The smallest absolute Gasteiger partial charge is 0.00360 e. The summed E-state index contributed by atoms with van der Waals surface area (Å²) >= 11 is 0. The molecule has 0 aliphatic heterocycles. The molecule has 0 heterocycles. The van der Waals surface area contributed by atoms with Crippen LogP contribution < -0.4 is 11.1 Å². The van der Waals surface area contributed by atoms with Crippen LogP contribution in [0.2, 0.25) is 0 Å². The first-order valence-corrected chi connectivity index (χ1v) is 5.14. The first-order valence-electron chi connectivity index (χ1n) is 5.14. The minimum atomic E-state index is 0.665. The van der Waals surface area contributed by atoms with E-state index in [2.05, 4.69) is 26.1 Å². The summed E-state index contributed by atoms with van der Waals surface area (Å²) in [6.45, 7) is 8.61. The first-order chi connectivity index (χ1) is 5.70. The van der Waals surface area contributed by atoms with Crippen LogP contribution in [-0.4, -0.2) is 19.1 Å². The zero-order valence-electron chi connectivity index (χ0n) is 8.77. The van der Waals surface area contributed by atoms with Crippen molar-refractivity contribution in [3.8, 4) is 0 Å². The molecule has 0 aromatic rings. The Labute approximate surface area is 76.9 Å². The number of hydrogen-bond acceptors (Lipinski definition) is 2. The summed E-state index contributed by atoms with van der Waals surface area (Å²) in [5, 5.41) is 3.47. The van der Waals surface area contributed by atoms with Crippen molar-refractivity contribution in [3.63, 3.8) is 0 Å². The van der Waals surface area contributed by atoms with Gasteiger partial charge in [-0.3, -0.25) is 0 Å². The molecule has 0 amide bonds. The Morgan fingerprint density at radius 3 is 2.50 bits per heavy atom. The second-order valence-corrected chi connectivity index (χ2v) is 3.75. The normalized spacial score (nSPS) is 16.0. The molecule has 0 radical (unpaired) electrons. The molecule has 0 aromatic heterocycles. The third kappa shape index (κ3) is 6.62. The SMILES string of the molecule is CCC(C)NCCCC(C)CN. The fraction of sp³-hybridized carbons (Fsp3) is 1.00. The minimum Gasteiger partial charge on any atom is -0.330 e. The van der Waals surface area contributed by atoms with E-state index >= 15 is 0 Å². The van der Waals surface area contributed by atoms with Crippen LogP contribution in [0.5, 0.6) is 0 Å². The summed E-state index contributed by atoms with van der Waals surface area (Å²) in [7, 11) is 0. The zero-order chi connectivity index (χ0) is 9.40. The summed E-state index contributed by atoms with van der Waals surface area (Å²) in [5.41, 5.74) is 5.52. The number of nitrogens with two attached hydrogens (primary N) is 1. The average molecular weight is 172 g/mol. The van der Waals surface area contributed by atoms with E-state index in [1.54, 1.807) is 0 Å². The Kier molecular flexibility index (Phi) is 7.51. The Hall–Kier alpha value is -0.0800. The van der Waals surface area contributed by atoms with Gasteiger partial charge in [0.05, 0.1) is 0 Å². The summed E-state index contributed by atoms with van der Waals surface area (Å²) in [4.78, 5) is 0. The summed E-state index contributed by atoms with van der Waals surface area (Å²) in [5.74, 6) is 0.684. The molecule has 0 rings (SSSR count). The van der Waals surface area contributed by atoms with Gasteiger partial charge in [-0.05, 0) is 45.2 Å². The first kappa shape index (κ1) is 11.9. The van der Waals surface area contributed by atoms with E-state index in [-0.39, 0.29) is 0 Å². The number of rotatable bonds is 7. The van der Waals surface area contributed by atoms with Gasteiger partial charge in [0.15, 0.2) is 0 Å². The summed E-state index contributed by atoms with van der Waals surface area (Å²) < 4.78 is 0. The third-order valence-electron chi connectivity index (χ3n) is 2.38. The molecular weight excluding hydrogens is 148 g/mol. The highest BCUT2D eigenvalue weighted by Crippen LogP contribution is 2.02. The predicted molar refractivity (Wildman–Crippen MR) is 55.2 cm³/mol. The van der Waals surface area contributed by atoms with E-state index < -0.39 is 0 Å². The van der Waals surface area contributed by atoms with Gasteiger partial charge in [0.1, 0.15) is 0 Å². The van der Waals surface area contributed by atoms with Gasteiger partial charge in [0.2, 0.25) is 0 Å². The molecule has 12 heavy (non-hydrogen) atoms. The van der Waals surface area contributed by atoms with Crippen molar-refractivity contribution in [2.45, 2.75) is 46.1 Å². The van der Waals surface area contributed by atoms with Crippen LogP contribution in [0.1, 0.15) is 40.0 Å². The molecule has 0 aromatic carbocycles. The van der Waals surface area contributed by atoms with Gasteiger partial charge in [-0.1, -0.05) is 13.8 Å². The van der Waals surface area contributed by atoms with Crippen LogP contribution in [0.3, 0.4) is 0 Å². The standard InChI is InChI=1S/C10H24N2/c1-4-10(3)12-7-5-6-9(2)8-11/h9-10,12H,4-8,11H2,1-3H3. The van der Waals surface area contributed by atoms with Crippen LogP contribution >= 0.6 is 0 Å². The van der Waals surface area contributed by atoms with Crippen LogP contribution in [0.15, 0.2) is 0 Å². The predicted octanol–water partition coefficient (Wildman–Crippen LogP) is 1.75. The highest BCUT2D eigenvalue weighted by Gasteiger charge is 1.99. The van der Waals surface area contributed by atoms with Crippen molar-refractivity contribution in [1.29, 1.82) is 0 Å². The molecule has 0 bridgehead atoms. The highest BCUT2D eigenvalue weighted by molar-refractivity contribution is 4.59. The van der Waals surface area contributed by atoms with Crippen molar-refractivity contribution in [2.24, 2.45) is 11.7 Å². The topological polar surface area (TPSA) is 38.0 Å². The molecule has 0 saturated heterocycles.